The number of carbonyl (C=O) groups is 1. The van der Waals surface area contributed by atoms with Crippen molar-refractivity contribution in [2.45, 2.75) is 24.4 Å². The zero-order valence-corrected chi connectivity index (χ0v) is 17.2. The van der Waals surface area contributed by atoms with Crippen LogP contribution in [0.25, 0.3) is 11.4 Å². The highest BCUT2D eigenvalue weighted by Gasteiger charge is 2.38. The van der Waals surface area contributed by atoms with Crippen LogP contribution >= 0.6 is 0 Å². The summed E-state index contributed by atoms with van der Waals surface area (Å²) in [6.07, 6.45) is -0.118. The summed E-state index contributed by atoms with van der Waals surface area (Å²) in [6, 6.07) is 7.21. The number of aldehydes is 1. The third-order valence-electron chi connectivity index (χ3n) is 6.10. The van der Waals surface area contributed by atoms with Gasteiger partial charge in [0.05, 0.1) is 22.4 Å². The fourth-order valence-electron chi connectivity index (χ4n) is 4.17. The van der Waals surface area contributed by atoms with Gasteiger partial charge < -0.3 is 14.3 Å². The predicted octanol–water partition coefficient (Wildman–Crippen LogP) is 5.12. The summed E-state index contributed by atoms with van der Waals surface area (Å²) in [7, 11) is 1.77. The molecule has 9 heteroatoms. The minimum Gasteiger partial charge on any atom is -0.369 e. The number of halogens is 5. The Bertz CT molecular complexity index is 1150. The predicted molar refractivity (Wildman–Crippen MR) is 109 cm³/mol. The lowest BCUT2D eigenvalue weighted by molar-refractivity contribution is -0.137. The van der Waals surface area contributed by atoms with Gasteiger partial charge in [-0.2, -0.15) is 13.2 Å². The van der Waals surface area contributed by atoms with Crippen molar-refractivity contribution in [2.75, 3.05) is 18.0 Å². The van der Waals surface area contributed by atoms with E-state index < -0.39 is 28.8 Å². The molecule has 0 N–H and O–H groups in total. The zero-order valence-electron chi connectivity index (χ0n) is 17.2. The molecule has 4 rings (SSSR count). The van der Waals surface area contributed by atoms with Gasteiger partial charge in [-0.05, 0) is 54.8 Å². The van der Waals surface area contributed by atoms with E-state index in [1.165, 1.54) is 12.3 Å². The largest absolute Gasteiger partial charge is 0.416 e. The standard InChI is InChI=1S/C23H20F5N3O/c1-30-8-2-3-20(30)21-18(25)12-16(13-29-21)22(14-32)6-9-31(10-7-22)19-5-4-15(11-17(19)24)23(26,27)28/h2-5,8,11-14H,6-7,9-10H2,1H3. The normalized spacial score (nSPS) is 16.2. The fourth-order valence-corrected chi connectivity index (χ4v) is 4.17. The Kier molecular flexibility index (Phi) is 5.52. The molecule has 0 atom stereocenters. The molecule has 1 fully saturated rings. The van der Waals surface area contributed by atoms with Crippen molar-refractivity contribution in [3.05, 3.63) is 71.6 Å². The van der Waals surface area contributed by atoms with Crippen molar-refractivity contribution in [1.82, 2.24) is 9.55 Å². The highest BCUT2D eigenvalue weighted by molar-refractivity contribution is 5.70. The molecule has 3 aromatic rings. The first-order valence-electron chi connectivity index (χ1n) is 10.0. The number of alkyl halides is 3. The summed E-state index contributed by atoms with van der Waals surface area (Å²) in [6.45, 7) is 0.449. The van der Waals surface area contributed by atoms with Crippen LogP contribution in [0.1, 0.15) is 24.0 Å². The van der Waals surface area contributed by atoms with E-state index in [1.807, 2.05) is 0 Å². The maximum atomic E-state index is 14.8. The van der Waals surface area contributed by atoms with Crippen molar-refractivity contribution in [3.63, 3.8) is 0 Å². The number of benzene rings is 1. The number of aryl methyl sites for hydroxylation is 1. The average molecular weight is 449 g/mol. The van der Waals surface area contributed by atoms with E-state index in [1.54, 1.807) is 34.8 Å². The second kappa shape index (κ2) is 8.03. The molecular formula is C23H20F5N3O. The molecule has 3 heterocycles. The maximum Gasteiger partial charge on any atom is 0.416 e. The third kappa shape index (κ3) is 3.87. The van der Waals surface area contributed by atoms with E-state index in [0.29, 0.717) is 17.3 Å². The number of hydrogen-bond donors (Lipinski definition) is 0. The van der Waals surface area contributed by atoms with Crippen LogP contribution in [0.3, 0.4) is 0 Å². The Labute approximate surface area is 181 Å². The summed E-state index contributed by atoms with van der Waals surface area (Å²) in [5, 5.41) is 0. The minimum absolute atomic E-state index is 0.0425. The molecule has 0 unspecified atom stereocenters. The minimum atomic E-state index is -4.63. The first-order valence-corrected chi connectivity index (χ1v) is 10.0. The second-order valence-corrected chi connectivity index (χ2v) is 7.98. The molecule has 0 amide bonds. The van der Waals surface area contributed by atoms with Crippen LogP contribution in [-0.2, 0) is 23.4 Å². The van der Waals surface area contributed by atoms with Gasteiger partial charge in [0.25, 0.3) is 0 Å². The van der Waals surface area contributed by atoms with Crippen molar-refractivity contribution >= 4 is 12.0 Å². The van der Waals surface area contributed by atoms with Gasteiger partial charge in [-0.1, -0.05) is 0 Å². The second-order valence-electron chi connectivity index (χ2n) is 7.98. The number of hydrogen-bond acceptors (Lipinski definition) is 3. The van der Waals surface area contributed by atoms with E-state index >= 15 is 0 Å². The van der Waals surface area contributed by atoms with Gasteiger partial charge in [0, 0.05) is 32.5 Å². The molecule has 0 spiro atoms. The Morgan fingerprint density at radius 3 is 2.31 bits per heavy atom. The van der Waals surface area contributed by atoms with E-state index in [4.69, 9.17) is 0 Å². The molecule has 1 aliphatic heterocycles. The van der Waals surface area contributed by atoms with Gasteiger partial charge in [0.2, 0.25) is 0 Å². The van der Waals surface area contributed by atoms with E-state index in [-0.39, 0.29) is 37.3 Å². The van der Waals surface area contributed by atoms with Gasteiger partial charge in [0.1, 0.15) is 17.8 Å². The van der Waals surface area contributed by atoms with Crippen LogP contribution in [0.4, 0.5) is 27.6 Å². The smallest absolute Gasteiger partial charge is 0.369 e. The molecule has 0 aliphatic carbocycles. The molecule has 1 saturated heterocycles. The summed E-state index contributed by atoms with van der Waals surface area (Å²) >= 11 is 0. The Morgan fingerprint density at radius 1 is 1.06 bits per heavy atom. The number of piperidine rings is 1. The molecule has 1 aromatic carbocycles. The number of carbonyl (C=O) groups excluding carboxylic acids is 1. The molecule has 168 valence electrons. The van der Waals surface area contributed by atoms with Crippen LogP contribution in [0.5, 0.6) is 0 Å². The summed E-state index contributed by atoms with van der Waals surface area (Å²) in [5.41, 5.74) is -0.818. The van der Waals surface area contributed by atoms with Gasteiger partial charge in [0.15, 0.2) is 5.82 Å². The molecule has 0 saturated carbocycles. The highest BCUT2D eigenvalue weighted by Crippen LogP contribution is 2.38. The molecule has 2 aromatic heterocycles. The van der Waals surface area contributed by atoms with Crippen molar-refractivity contribution in [3.8, 4) is 11.4 Å². The van der Waals surface area contributed by atoms with Gasteiger partial charge >= 0.3 is 6.18 Å². The first kappa shape index (κ1) is 22.0. The lowest BCUT2D eigenvalue weighted by Crippen LogP contribution is -2.44. The Hall–Kier alpha value is -3.23. The topological polar surface area (TPSA) is 38.1 Å². The van der Waals surface area contributed by atoms with E-state index in [9.17, 15) is 26.7 Å². The molecule has 1 aliphatic rings. The Morgan fingerprint density at radius 2 is 1.78 bits per heavy atom. The molecule has 4 nitrogen and oxygen atoms in total. The van der Waals surface area contributed by atoms with Gasteiger partial charge in [-0.3, -0.25) is 4.98 Å². The molecular weight excluding hydrogens is 429 g/mol. The lowest BCUT2D eigenvalue weighted by Gasteiger charge is -2.39. The summed E-state index contributed by atoms with van der Waals surface area (Å²) < 4.78 is 69.3. The zero-order chi connectivity index (χ0) is 23.1. The lowest BCUT2D eigenvalue weighted by atomic mass is 9.74. The quantitative estimate of drug-likeness (QED) is 0.410. The van der Waals surface area contributed by atoms with E-state index in [0.717, 1.165) is 18.4 Å². The summed E-state index contributed by atoms with van der Waals surface area (Å²) in [5.74, 6) is -1.53. The number of anilines is 1. The van der Waals surface area contributed by atoms with Crippen LogP contribution < -0.4 is 4.90 Å². The van der Waals surface area contributed by atoms with Crippen molar-refractivity contribution in [1.29, 1.82) is 0 Å². The van der Waals surface area contributed by atoms with Crippen molar-refractivity contribution in [2.24, 2.45) is 7.05 Å². The maximum absolute atomic E-state index is 14.8. The third-order valence-corrected chi connectivity index (χ3v) is 6.10. The molecule has 0 radical (unpaired) electrons. The SMILES string of the molecule is Cn1cccc1-c1ncc(C2(C=O)CCN(c3ccc(C(F)(F)F)cc3F)CC2)cc1F. The monoisotopic (exact) mass is 449 g/mol. The molecule has 0 bridgehead atoms. The van der Waals surface area contributed by atoms with Crippen LogP contribution in [0, 0.1) is 11.6 Å². The van der Waals surface area contributed by atoms with Crippen molar-refractivity contribution < 1.29 is 26.7 Å². The number of aromatic nitrogens is 2. The summed E-state index contributed by atoms with van der Waals surface area (Å²) in [4.78, 5) is 17.9. The van der Waals surface area contributed by atoms with Gasteiger partial charge in [-0.15, -0.1) is 0 Å². The fraction of sp³-hybridized carbons (Fsp3) is 0.304. The van der Waals surface area contributed by atoms with Crippen LogP contribution in [0.15, 0.2) is 48.8 Å². The van der Waals surface area contributed by atoms with Gasteiger partial charge in [-0.25, -0.2) is 8.78 Å². The number of nitrogens with zero attached hydrogens (tertiary/aromatic N) is 3. The Balaban J connectivity index is 1.56. The van der Waals surface area contributed by atoms with Crippen LogP contribution in [-0.4, -0.2) is 28.9 Å². The average Bonchev–Trinajstić information content (AvgIpc) is 3.18. The first-order chi connectivity index (χ1) is 15.1. The van der Waals surface area contributed by atoms with Crippen LogP contribution in [0.2, 0.25) is 0 Å². The number of rotatable bonds is 4. The number of pyridine rings is 1. The van der Waals surface area contributed by atoms with E-state index in [2.05, 4.69) is 4.98 Å². The highest BCUT2D eigenvalue weighted by atomic mass is 19.4. The molecule has 32 heavy (non-hydrogen) atoms.